The molecule has 2 heteroatoms. The molecule has 1 saturated carbocycles. The largest absolute Gasteiger partial charge is 0.388 e. The number of nitrogens with two attached hydrogens (primary N) is 1. The van der Waals surface area contributed by atoms with Gasteiger partial charge in [-0.1, -0.05) is 32.6 Å². The van der Waals surface area contributed by atoms with E-state index >= 15 is 0 Å². The molecule has 0 heterocycles. The van der Waals surface area contributed by atoms with Gasteiger partial charge in [0.25, 0.3) is 0 Å². The molecule has 1 fully saturated rings. The van der Waals surface area contributed by atoms with Gasteiger partial charge in [-0.3, -0.25) is 0 Å². The average molecular weight is 185 g/mol. The second-order valence-electron chi connectivity index (χ2n) is 4.76. The zero-order valence-electron chi connectivity index (χ0n) is 8.97. The molecule has 1 aliphatic carbocycles. The maximum atomic E-state index is 10.4. The van der Waals surface area contributed by atoms with Crippen LogP contribution in [-0.4, -0.2) is 16.2 Å². The van der Waals surface area contributed by atoms with Crippen LogP contribution < -0.4 is 5.73 Å². The number of hydrogen-bond acceptors (Lipinski definition) is 2. The summed E-state index contributed by atoms with van der Waals surface area (Å²) >= 11 is 0. The van der Waals surface area contributed by atoms with E-state index in [4.69, 9.17) is 5.73 Å². The summed E-state index contributed by atoms with van der Waals surface area (Å²) in [4.78, 5) is 0. The highest BCUT2D eigenvalue weighted by Crippen LogP contribution is 2.37. The first-order valence-electron chi connectivity index (χ1n) is 5.53. The molecule has 0 saturated heterocycles. The first kappa shape index (κ1) is 11.0. The molecule has 3 N–H and O–H groups in total. The summed E-state index contributed by atoms with van der Waals surface area (Å²) in [5.74, 6) is 0. The molecule has 0 aromatic heterocycles. The van der Waals surface area contributed by atoms with E-state index in [9.17, 15) is 5.11 Å². The molecule has 0 spiro atoms. The van der Waals surface area contributed by atoms with Crippen LogP contribution in [0.4, 0.5) is 0 Å². The van der Waals surface area contributed by atoms with Gasteiger partial charge in [0.1, 0.15) is 0 Å². The molecule has 0 radical (unpaired) electrons. The van der Waals surface area contributed by atoms with Gasteiger partial charge < -0.3 is 10.8 Å². The molecule has 2 nitrogen and oxygen atoms in total. The van der Waals surface area contributed by atoms with E-state index in [1.165, 1.54) is 6.42 Å². The minimum absolute atomic E-state index is 0.387. The minimum Gasteiger partial charge on any atom is -0.388 e. The molecule has 0 amide bonds. The lowest BCUT2D eigenvalue weighted by atomic mass is 9.70. The Hall–Kier alpha value is -0.0800. The quantitative estimate of drug-likeness (QED) is 0.708. The highest BCUT2D eigenvalue weighted by Gasteiger charge is 2.43. The lowest BCUT2D eigenvalue weighted by Gasteiger charge is -2.45. The topological polar surface area (TPSA) is 46.2 Å². The van der Waals surface area contributed by atoms with Crippen LogP contribution in [0.15, 0.2) is 0 Å². The Labute approximate surface area is 81.5 Å². The molecular weight excluding hydrogens is 162 g/mol. The molecular formula is C11H23NO. The number of hydrogen-bond donors (Lipinski definition) is 2. The Kier molecular flexibility index (Phi) is 3.36. The second-order valence-corrected chi connectivity index (χ2v) is 4.76. The Bertz CT molecular complexity index is 159. The molecule has 0 aromatic rings. The van der Waals surface area contributed by atoms with Crippen molar-refractivity contribution in [1.82, 2.24) is 0 Å². The molecule has 1 rings (SSSR count). The minimum atomic E-state index is -0.596. The molecule has 1 aliphatic rings. The molecule has 13 heavy (non-hydrogen) atoms. The standard InChI is InChI=1S/C11H23NO/c1-3-7-10(2,12)11(13)8-5-4-6-9-11/h13H,3-9,12H2,1-2H3. The average Bonchev–Trinajstić information content (AvgIpc) is 2.05. The fraction of sp³-hybridized carbons (Fsp3) is 1.00. The summed E-state index contributed by atoms with van der Waals surface area (Å²) in [6.07, 6.45) is 7.27. The smallest absolute Gasteiger partial charge is 0.0823 e. The van der Waals surface area contributed by atoms with E-state index < -0.39 is 5.60 Å². The predicted octanol–water partition coefficient (Wildman–Crippen LogP) is 2.20. The van der Waals surface area contributed by atoms with E-state index in [1.807, 2.05) is 6.92 Å². The van der Waals surface area contributed by atoms with Crippen LogP contribution in [0.2, 0.25) is 0 Å². The lowest BCUT2D eigenvalue weighted by molar-refractivity contribution is -0.0611. The fourth-order valence-electron chi connectivity index (χ4n) is 2.46. The van der Waals surface area contributed by atoms with Crippen molar-refractivity contribution < 1.29 is 5.11 Å². The van der Waals surface area contributed by atoms with Crippen LogP contribution >= 0.6 is 0 Å². The summed E-state index contributed by atoms with van der Waals surface area (Å²) in [7, 11) is 0. The third-order valence-corrected chi connectivity index (χ3v) is 3.51. The molecule has 0 bridgehead atoms. The highest BCUT2D eigenvalue weighted by molar-refractivity contribution is 5.01. The third kappa shape index (κ3) is 2.23. The normalized spacial score (nSPS) is 26.8. The van der Waals surface area contributed by atoms with Crippen LogP contribution in [-0.2, 0) is 0 Å². The first-order chi connectivity index (χ1) is 6.02. The Morgan fingerprint density at radius 2 is 1.85 bits per heavy atom. The zero-order valence-corrected chi connectivity index (χ0v) is 8.97. The molecule has 78 valence electrons. The van der Waals surface area contributed by atoms with Gasteiger partial charge in [0.15, 0.2) is 0 Å². The van der Waals surface area contributed by atoms with Gasteiger partial charge in [0, 0.05) is 5.54 Å². The lowest BCUT2D eigenvalue weighted by Crippen LogP contribution is -2.59. The summed E-state index contributed by atoms with van der Waals surface area (Å²) < 4.78 is 0. The van der Waals surface area contributed by atoms with Crippen molar-refractivity contribution in [2.75, 3.05) is 0 Å². The Balaban J connectivity index is 2.64. The summed E-state index contributed by atoms with van der Waals surface area (Å²) in [6, 6.07) is 0. The molecule has 0 aliphatic heterocycles. The monoisotopic (exact) mass is 185 g/mol. The maximum Gasteiger partial charge on any atom is 0.0823 e. The van der Waals surface area contributed by atoms with Gasteiger partial charge >= 0.3 is 0 Å². The SMILES string of the molecule is CCCC(C)(N)C1(O)CCCCC1. The van der Waals surface area contributed by atoms with Crippen molar-refractivity contribution >= 4 is 0 Å². The van der Waals surface area contributed by atoms with Crippen molar-refractivity contribution in [3.05, 3.63) is 0 Å². The summed E-state index contributed by atoms with van der Waals surface area (Å²) in [5.41, 5.74) is 5.20. The van der Waals surface area contributed by atoms with E-state index in [0.717, 1.165) is 38.5 Å². The van der Waals surface area contributed by atoms with E-state index in [-0.39, 0.29) is 5.54 Å². The van der Waals surface area contributed by atoms with Crippen molar-refractivity contribution in [1.29, 1.82) is 0 Å². The van der Waals surface area contributed by atoms with Gasteiger partial charge in [0.05, 0.1) is 5.60 Å². The van der Waals surface area contributed by atoms with E-state index in [1.54, 1.807) is 0 Å². The number of aliphatic hydroxyl groups is 1. The van der Waals surface area contributed by atoms with Crippen LogP contribution in [0, 0.1) is 0 Å². The molecule has 1 atom stereocenters. The van der Waals surface area contributed by atoms with Gasteiger partial charge in [-0.15, -0.1) is 0 Å². The second kappa shape index (κ2) is 3.97. The van der Waals surface area contributed by atoms with Crippen molar-refractivity contribution in [2.24, 2.45) is 5.73 Å². The first-order valence-corrected chi connectivity index (χ1v) is 5.53. The Morgan fingerprint density at radius 1 is 1.31 bits per heavy atom. The molecule has 0 aromatic carbocycles. The zero-order chi connectivity index (χ0) is 9.95. The van der Waals surface area contributed by atoms with Crippen LogP contribution in [0.1, 0.15) is 58.8 Å². The maximum absolute atomic E-state index is 10.4. The van der Waals surface area contributed by atoms with Crippen molar-refractivity contribution in [3.8, 4) is 0 Å². The van der Waals surface area contributed by atoms with Gasteiger partial charge in [-0.2, -0.15) is 0 Å². The highest BCUT2D eigenvalue weighted by atomic mass is 16.3. The van der Waals surface area contributed by atoms with E-state index in [0.29, 0.717) is 0 Å². The van der Waals surface area contributed by atoms with Crippen LogP contribution in [0.3, 0.4) is 0 Å². The molecule has 1 unspecified atom stereocenters. The fourth-order valence-corrected chi connectivity index (χ4v) is 2.46. The Morgan fingerprint density at radius 3 is 2.31 bits per heavy atom. The van der Waals surface area contributed by atoms with Gasteiger partial charge in [-0.05, 0) is 26.2 Å². The summed E-state index contributed by atoms with van der Waals surface area (Å²) in [5, 5.41) is 10.4. The van der Waals surface area contributed by atoms with Gasteiger partial charge in [0.2, 0.25) is 0 Å². The van der Waals surface area contributed by atoms with Gasteiger partial charge in [-0.25, -0.2) is 0 Å². The summed E-state index contributed by atoms with van der Waals surface area (Å²) in [6.45, 7) is 4.12. The van der Waals surface area contributed by atoms with E-state index in [2.05, 4.69) is 6.92 Å². The third-order valence-electron chi connectivity index (χ3n) is 3.51. The predicted molar refractivity (Wildman–Crippen MR) is 55.5 cm³/mol. The van der Waals surface area contributed by atoms with Crippen molar-refractivity contribution in [2.45, 2.75) is 69.9 Å². The van der Waals surface area contributed by atoms with Crippen molar-refractivity contribution in [3.63, 3.8) is 0 Å². The van der Waals surface area contributed by atoms with Crippen LogP contribution in [0.5, 0.6) is 0 Å². The number of rotatable bonds is 3. The van der Waals surface area contributed by atoms with Crippen LogP contribution in [0.25, 0.3) is 0 Å².